The van der Waals surface area contributed by atoms with Crippen molar-refractivity contribution in [3.05, 3.63) is 59.7 Å². The number of nitrogens with one attached hydrogen (secondary N) is 2. The van der Waals surface area contributed by atoms with E-state index in [1.54, 1.807) is 48.5 Å². The standard InChI is InChI=1S/C21H26N4O5.C2H6/c22-17-9-3-1-7-15(17)19(26)29-13-5-11-24-21(28)25-12-6-14-30-20(27)16-8-2-4-10-18(16)23;1-2/h1-4,7-10H,5-6,11-14,22-23H2,(H2,24,25,28);1-2H3. The van der Waals surface area contributed by atoms with Crippen molar-refractivity contribution in [2.45, 2.75) is 26.7 Å². The lowest BCUT2D eigenvalue weighted by atomic mass is 10.2. The van der Waals surface area contributed by atoms with Crippen LogP contribution in [0.5, 0.6) is 0 Å². The van der Waals surface area contributed by atoms with Crippen molar-refractivity contribution in [1.82, 2.24) is 10.6 Å². The predicted octanol–water partition coefficient (Wildman–Crippen LogP) is 2.97. The van der Waals surface area contributed by atoms with Gasteiger partial charge >= 0.3 is 18.0 Å². The lowest BCUT2D eigenvalue weighted by molar-refractivity contribution is 0.0494. The van der Waals surface area contributed by atoms with Crippen LogP contribution >= 0.6 is 0 Å². The summed E-state index contributed by atoms with van der Waals surface area (Å²) < 4.78 is 10.2. The third-order valence-corrected chi connectivity index (χ3v) is 4.04. The van der Waals surface area contributed by atoms with Gasteiger partial charge in [0.05, 0.1) is 24.3 Å². The number of benzene rings is 2. The Morgan fingerprint density at radius 1 is 0.719 bits per heavy atom. The molecule has 0 unspecified atom stereocenters. The Labute approximate surface area is 188 Å². The maximum absolute atomic E-state index is 11.9. The topological polar surface area (TPSA) is 146 Å². The highest BCUT2D eigenvalue weighted by Gasteiger charge is 2.11. The molecule has 2 amide bonds. The van der Waals surface area contributed by atoms with Crippen LogP contribution < -0.4 is 22.1 Å². The van der Waals surface area contributed by atoms with E-state index in [0.717, 1.165) is 0 Å². The monoisotopic (exact) mass is 444 g/mol. The third kappa shape index (κ3) is 9.38. The lowest BCUT2D eigenvalue weighted by Crippen LogP contribution is -2.37. The number of rotatable bonds is 10. The van der Waals surface area contributed by atoms with E-state index in [9.17, 15) is 14.4 Å². The molecule has 2 aromatic carbocycles. The molecule has 0 aliphatic heterocycles. The van der Waals surface area contributed by atoms with Gasteiger partial charge in [0.2, 0.25) is 0 Å². The van der Waals surface area contributed by atoms with Gasteiger partial charge in [0.15, 0.2) is 0 Å². The summed E-state index contributed by atoms with van der Waals surface area (Å²) in [5.41, 5.74) is 12.8. The van der Waals surface area contributed by atoms with Gasteiger partial charge in [-0.05, 0) is 37.1 Å². The average Bonchev–Trinajstić information content (AvgIpc) is 2.80. The van der Waals surface area contributed by atoms with Crippen LogP contribution in [0.15, 0.2) is 48.5 Å². The molecule has 0 aliphatic carbocycles. The molecule has 0 bridgehead atoms. The van der Waals surface area contributed by atoms with E-state index >= 15 is 0 Å². The summed E-state index contributed by atoms with van der Waals surface area (Å²) in [6.45, 7) is 5.00. The summed E-state index contributed by atoms with van der Waals surface area (Å²) in [6.07, 6.45) is 0.921. The van der Waals surface area contributed by atoms with E-state index in [4.69, 9.17) is 20.9 Å². The Bertz CT molecular complexity index is 803. The quantitative estimate of drug-likeness (QED) is 0.250. The fourth-order valence-corrected chi connectivity index (χ4v) is 2.46. The fourth-order valence-electron chi connectivity index (χ4n) is 2.46. The van der Waals surface area contributed by atoms with E-state index in [1.165, 1.54) is 0 Å². The Kier molecular flexibility index (Phi) is 12.4. The minimum Gasteiger partial charge on any atom is -0.462 e. The number of anilines is 2. The molecule has 0 atom stereocenters. The molecule has 32 heavy (non-hydrogen) atoms. The second-order valence-electron chi connectivity index (χ2n) is 6.34. The molecular formula is C23H32N4O5. The zero-order valence-corrected chi connectivity index (χ0v) is 18.6. The number of urea groups is 1. The van der Waals surface area contributed by atoms with Crippen LogP contribution in [-0.4, -0.2) is 44.3 Å². The van der Waals surface area contributed by atoms with Gasteiger partial charge in [0, 0.05) is 24.5 Å². The average molecular weight is 445 g/mol. The number of esters is 2. The number of para-hydroxylation sites is 2. The molecule has 0 saturated carbocycles. The molecule has 0 radical (unpaired) electrons. The van der Waals surface area contributed by atoms with E-state index in [-0.39, 0.29) is 19.2 Å². The van der Waals surface area contributed by atoms with Gasteiger partial charge < -0.3 is 31.6 Å². The number of hydrogen-bond acceptors (Lipinski definition) is 7. The summed E-state index contributed by atoms with van der Waals surface area (Å²) in [5, 5.41) is 5.30. The maximum atomic E-state index is 11.9. The van der Waals surface area contributed by atoms with Crippen molar-refractivity contribution in [1.29, 1.82) is 0 Å². The van der Waals surface area contributed by atoms with Crippen LogP contribution in [0.25, 0.3) is 0 Å². The maximum Gasteiger partial charge on any atom is 0.340 e. The van der Waals surface area contributed by atoms with Crippen molar-refractivity contribution in [3.63, 3.8) is 0 Å². The molecule has 0 spiro atoms. The van der Waals surface area contributed by atoms with E-state index in [2.05, 4.69) is 10.6 Å². The molecule has 9 heteroatoms. The molecule has 0 aliphatic rings. The Morgan fingerprint density at radius 3 is 1.47 bits per heavy atom. The summed E-state index contributed by atoms with van der Waals surface area (Å²) in [5.74, 6) is -0.992. The van der Waals surface area contributed by atoms with Crippen LogP contribution in [0.2, 0.25) is 0 Å². The molecule has 0 heterocycles. The zero-order chi connectivity index (χ0) is 23.8. The van der Waals surface area contributed by atoms with Gasteiger partial charge in [-0.2, -0.15) is 0 Å². The van der Waals surface area contributed by atoms with Crippen molar-refractivity contribution >= 4 is 29.3 Å². The minimum absolute atomic E-state index is 0.159. The van der Waals surface area contributed by atoms with Crippen molar-refractivity contribution in [2.24, 2.45) is 0 Å². The van der Waals surface area contributed by atoms with Gasteiger partial charge in [-0.1, -0.05) is 38.1 Å². The zero-order valence-electron chi connectivity index (χ0n) is 18.6. The first-order chi connectivity index (χ1) is 15.5. The second kappa shape index (κ2) is 15.1. The number of carbonyl (C=O) groups excluding carboxylic acids is 3. The van der Waals surface area contributed by atoms with Crippen molar-refractivity contribution in [3.8, 4) is 0 Å². The molecular weight excluding hydrogens is 412 g/mol. The van der Waals surface area contributed by atoms with Crippen LogP contribution in [0.1, 0.15) is 47.4 Å². The van der Waals surface area contributed by atoms with Crippen LogP contribution in [0.3, 0.4) is 0 Å². The van der Waals surface area contributed by atoms with Gasteiger partial charge in [-0.25, -0.2) is 14.4 Å². The lowest BCUT2D eigenvalue weighted by Gasteiger charge is -2.09. The molecule has 6 N–H and O–H groups in total. The first-order valence-electron chi connectivity index (χ1n) is 10.5. The van der Waals surface area contributed by atoms with Gasteiger partial charge in [0.1, 0.15) is 0 Å². The SMILES string of the molecule is CC.Nc1ccccc1C(=O)OCCCNC(=O)NCCCOC(=O)c1ccccc1N. The number of nitrogen functional groups attached to an aromatic ring is 2. The highest BCUT2D eigenvalue weighted by atomic mass is 16.5. The number of amides is 2. The summed E-state index contributed by atoms with van der Waals surface area (Å²) >= 11 is 0. The smallest absolute Gasteiger partial charge is 0.340 e. The van der Waals surface area contributed by atoms with E-state index in [1.807, 2.05) is 13.8 Å². The van der Waals surface area contributed by atoms with Gasteiger partial charge in [-0.15, -0.1) is 0 Å². The largest absolute Gasteiger partial charge is 0.462 e. The molecule has 2 rings (SSSR count). The highest BCUT2D eigenvalue weighted by molar-refractivity contribution is 5.95. The number of hydrogen-bond donors (Lipinski definition) is 4. The Balaban J connectivity index is 0.00000249. The number of carbonyl (C=O) groups is 3. The molecule has 0 aromatic heterocycles. The summed E-state index contributed by atoms with van der Waals surface area (Å²) in [4.78, 5) is 35.5. The molecule has 9 nitrogen and oxygen atoms in total. The van der Waals surface area contributed by atoms with Gasteiger partial charge in [-0.3, -0.25) is 0 Å². The third-order valence-electron chi connectivity index (χ3n) is 4.04. The van der Waals surface area contributed by atoms with Gasteiger partial charge in [0.25, 0.3) is 0 Å². The highest BCUT2D eigenvalue weighted by Crippen LogP contribution is 2.12. The number of ether oxygens (including phenoxy) is 2. The van der Waals surface area contributed by atoms with E-state index < -0.39 is 11.9 Å². The second-order valence-corrected chi connectivity index (χ2v) is 6.34. The molecule has 0 fully saturated rings. The van der Waals surface area contributed by atoms with Crippen LogP contribution in [0.4, 0.5) is 16.2 Å². The van der Waals surface area contributed by atoms with E-state index in [0.29, 0.717) is 48.4 Å². The molecule has 2 aromatic rings. The Morgan fingerprint density at radius 2 is 1.09 bits per heavy atom. The Hall–Kier alpha value is -3.75. The van der Waals surface area contributed by atoms with Crippen molar-refractivity contribution < 1.29 is 23.9 Å². The summed E-state index contributed by atoms with van der Waals surface area (Å²) in [6, 6.07) is 13.0. The molecule has 0 saturated heterocycles. The predicted molar refractivity (Wildman–Crippen MR) is 124 cm³/mol. The normalized spacial score (nSPS) is 9.69. The first-order valence-corrected chi connectivity index (χ1v) is 10.5. The van der Waals surface area contributed by atoms with Crippen LogP contribution in [-0.2, 0) is 9.47 Å². The minimum atomic E-state index is -0.496. The van der Waals surface area contributed by atoms with Crippen LogP contribution in [0, 0.1) is 0 Å². The summed E-state index contributed by atoms with van der Waals surface area (Å²) in [7, 11) is 0. The fraction of sp³-hybridized carbons (Fsp3) is 0.348. The molecule has 174 valence electrons. The first kappa shape index (κ1) is 26.3. The van der Waals surface area contributed by atoms with Crippen molar-refractivity contribution in [2.75, 3.05) is 37.8 Å². The number of nitrogens with two attached hydrogens (primary N) is 2.